The summed E-state index contributed by atoms with van der Waals surface area (Å²) in [5, 5.41) is 2.46. The molecule has 0 saturated heterocycles. The predicted octanol–water partition coefficient (Wildman–Crippen LogP) is 3.29. The van der Waals surface area contributed by atoms with E-state index in [9.17, 15) is 18.4 Å². The summed E-state index contributed by atoms with van der Waals surface area (Å²) in [5.74, 6) is -0.849. The second kappa shape index (κ2) is 8.74. The first-order valence-electron chi connectivity index (χ1n) is 8.94. The van der Waals surface area contributed by atoms with Gasteiger partial charge in [0.15, 0.2) is 11.5 Å². The van der Waals surface area contributed by atoms with Gasteiger partial charge in [-0.1, -0.05) is 23.7 Å². The fourth-order valence-corrected chi connectivity index (χ4v) is 3.71. The van der Waals surface area contributed by atoms with Gasteiger partial charge in [-0.2, -0.15) is 8.78 Å². The van der Waals surface area contributed by atoms with Crippen molar-refractivity contribution in [3.63, 3.8) is 0 Å². The van der Waals surface area contributed by atoms with Crippen LogP contribution >= 0.6 is 11.6 Å². The lowest BCUT2D eigenvalue weighted by atomic mass is 10.0. The number of carbonyl (C=O) groups excluding carboxylic acids is 2. The van der Waals surface area contributed by atoms with Crippen LogP contribution in [-0.4, -0.2) is 51.1 Å². The smallest absolute Gasteiger partial charge is 0.387 e. The van der Waals surface area contributed by atoms with Gasteiger partial charge in [0.05, 0.1) is 29.9 Å². The van der Waals surface area contributed by atoms with E-state index in [1.54, 1.807) is 36.2 Å². The summed E-state index contributed by atoms with van der Waals surface area (Å²) in [7, 11) is 4.39. The molecule has 0 fully saturated rings. The van der Waals surface area contributed by atoms with Crippen LogP contribution in [0.5, 0.6) is 11.5 Å². The predicted molar refractivity (Wildman–Crippen MR) is 107 cm³/mol. The van der Waals surface area contributed by atoms with Crippen molar-refractivity contribution < 1.29 is 27.8 Å². The Hall–Kier alpha value is -3.07. The van der Waals surface area contributed by atoms with Gasteiger partial charge in [-0.25, -0.2) is 0 Å². The Labute approximate surface area is 177 Å². The van der Waals surface area contributed by atoms with Crippen molar-refractivity contribution in [2.45, 2.75) is 12.8 Å². The molecule has 30 heavy (non-hydrogen) atoms. The third-order valence-electron chi connectivity index (χ3n) is 4.78. The number of nitrogens with zero attached hydrogens (tertiary/aromatic N) is 2. The summed E-state index contributed by atoms with van der Waals surface area (Å²) in [6.07, 6.45) is -0.739. The summed E-state index contributed by atoms with van der Waals surface area (Å²) in [6, 6.07) is 9.79. The maximum absolute atomic E-state index is 13.0. The van der Waals surface area contributed by atoms with Gasteiger partial charge in [0.2, 0.25) is 5.91 Å². The van der Waals surface area contributed by atoms with E-state index < -0.39 is 12.8 Å². The number of amides is 2. The molecule has 1 aliphatic rings. The molecule has 160 valence electrons. The van der Waals surface area contributed by atoms with Gasteiger partial charge in [0.1, 0.15) is 6.17 Å². The molecule has 0 saturated carbocycles. The van der Waals surface area contributed by atoms with Crippen LogP contribution in [0.15, 0.2) is 36.4 Å². The van der Waals surface area contributed by atoms with E-state index in [1.165, 1.54) is 31.2 Å². The van der Waals surface area contributed by atoms with E-state index in [1.807, 2.05) is 0 Å². The Morgan fingerprint density at radius 1 is 1.30 bits per heavy atom. The number of para-hydroxylation sites is 1. The van der Waals surface area contributed by atoms with Gasteiger partial charge < -0.3 is 24.6 Å². The average Bonchev–Trinajstić information content (AvgIpc) is 2.73. The molecule has 0 radical (unpaired) electrons. The minimum Gasteiger partial charge on any atom is -0.493 e. The monoisotopic (exact) mass is 439 g/mol. The number of carbonyl (C=O) groups is 2. The summed E-state index contributed by atoms with van der Waals surface area (Å²) >= 11 is 6.20. The molecule has 10 heteroatoms. The minimum atomic E-state index is -3.09. The van der Waals surface area contributed by atoms with E-state index >= 15 is 0 Å². The zero-order chi connectivity index (χ0) is 22.0. The number of halogens is 3. The minimum absolute atomic E-state index is 0.0163. The van der Waals surface area contributed by atoms with Crippen molar-refractivity contribution in [2.24, 2.45) is 0 Å². The maximum Gasteiger partial charge on any atom is 0.387 e. The highest BCUT2D eigenvalue weighted by Gasteiger charge is 2.38. The van der Waals surface area contributed by atoms with Crippen molar-refractivity contribution in [1.82, 2.24) is 10.2 Å². The summed E-state index contributed by atoms with van der Waals surface area (Å²) in [4.78, 5) is 28.4. The van der Waals surface area contributed by atoms with Crippen LogP contribution in [0.1, 0.15) is 22.1 Å². The number of nitrogens with one attached hydrogen (secondary N) is 1. The molecule has 1 unspecified atom stereocenters. The Bertz CT molecular complexity index is 973. The van der Waals surface area contributed by atoms with Crippen LogP contribution in [0.25, 0.3) is 0 Å². The molecular weight excluding hydrogens is 420 g/mol. The number of likely N-dealkylation sites (N-methyl/N-ethyl adjacent to an activating group) is 1. The SMILES string of the molecule is CNC(=O)CN1c2ccccc2C(=O)N(C)C1c1cc(Cl)c(OC(F)F)c(OC)c1. The number of alkyl halides is 2. The quantitative estimate of drug-likeness (QED) is 0.748. The highest BCUT2D eigenvalue weighted by molar-refractivity contribution is 6.32. The number of fused-ring (bicyclic) bond motifs is 1. The lowest BCUT2D eigenvalue weighted by Gasteiger charge is -2.44. The van der Waals surface area contributed by atoms with Gasteiger partial charge in [0, 0.05) is 19.7 Å². The van der Waals surface area contributed by atoms with Crippen LogP contribution in [0.2, 0.25) is 5.02 Å². The zero-order valence-corrected chi connectivity index (χ0v) is 17.2. The van der Waals surface area contributed by atoms with E-state index in [0.717, 1.165) is 0 Å². The molecule has 1 atom stereocenters. The molecule has 0 spiro atoms. The molecule has 2 aromatic rings. The Morgan fingerprint density at radius 2 is 2.00 bits per heavy atom. The molecule has 1 aliphatic heterocycles. The third-order valence-corrected chi connectivity index (χ3v) is 5.06. The van der Waals surface area contributed by atoms with Gasteiger partial charge in [-0.3, -0.25) is 9.59 Å². The molecule has 7 nitrogen and oxygen atoms in total. The van der Waals surface area contributed by atoms with Crippen molar-refractivity contribution in [3.8, 4) is 11.5 Å². The fraction of sp³-hybridized carbons (Fsp3) is 0.300. The summed E-state index contributed by atoms with van der Waals surface area (Å²) in [6.45, 7) is -3.14. The number of ether oxygens (including phenoxy) is 2. The first-order chi connectivity index (χ1) is 14.3. The van der Waals surface area contributed by atoms with Crippen molar-refractivity contribution >= 4 is 29.1 Å². The lowest BCUT2D eigenvalue weighted by molar-refractivity contribution is -0.119. The molecule has 3 rings (SSSR count). The number of rotatable bonds is 6. The van der Waals surface area contributed by atoms with Crippen molar-refractivity contribution in [3.05, 3.63) is 52.5 Å². The molecule has 2 aromatic carbocycles. The third kappa shape index (κ3) is 3.97. The van der Waals surface area contributed by atoms with Crippen LogP contribution in [0.3, 0.4) is 0 Å². The molecule has 0 bridgehead atoms. The second-order valence-electron chi connectivity index (χ2n) is 6.52. The van der Waals surface area contributed by atoms with E-state index in [-0.39, 0.29) is 34.9 Å². The molecule has 2 amide bonds. The van der Waals surface area contributed by atoms with Crippen LogP contribution < -0.4 is 19.7 Å². The van der Waals surface area contributed by atoms with E-state index in [0.29, 0.717) is 16.8 Å². The van der Waals surface area contributed by atoms with Crippen LogP contribution in [-0.2, 0) is 4.79 Å². The first-order valence-corrected chi connectivity index (χ1v) is 9.32. The van der Waals surface area contributed by atoms with Crippen molar-refractivity contribution in [2.75, 3.05) is 32.6 Å². The van der Waals surface area contributed by atoms with Crippen molar-refractivity contribution in [1.29, 1.82) is 0 Å². The fourth-order valence-electron chi connectivity index (χ4n) is 3.45. The van der Waals surface area contributed by atoms with E-state index in [4.69, 9.17) is 16.3 Å². The highest BCUT2D eigenvalue weighted by Crippen LogP contribution is 2.43. The number of hydrogen-bond donors (Lipinski definition) is 1. The second-order valence-corrected chi connectivity index (χ2v) is 6.93. The Morgan fingerprint density at radius 3 is 2.63 bits per heavy atom. The highest BCUT2D eigenvalue weighted by atomic mass is 35.5. The summed E-state index contributed by atoms with van der Waals surface area (Å²) in [5.41, 5.74) is 1.47. The van der Waals surface area contributed by atoms with Gasteiger partial charge in [0.25, 0.3) is 5.91 Å². The number of anilines is 1. The largest absolute Gasteiger partial charge is 0.493 e. The van der Waals surface area contributed by atoms with Gasteiger partial charge >= 0.3 is 6.61 Å². The Kier molecular flexibility index (Phi) is 6.31. The molecule has 0 aliphatic carbocycles. The topological polar surface area (TPSA) is 71.1 Å². The molecule has 1 N–H and O–H groups in total. The van der Waals surface area contributed by atoms with E-state index in [2.05, 4.69) is 10.1 Å². The average molecular weight is 440 g/mol. The lowest BCUT2D eigenvalue weighted by Crippen LogP contribution is -2.50. The maximum atomic E-state index is 13.0. The summed E-state index contributed by atoms with van der Waals surface area (Å²) < 4.78 is 35.2. The first kappa shape index (κ1) is 21.6. The number of methoxy groups -OCH3 is 1. The molecule has 1 heterocycles. The molecular formula is C20H20ClF2N3O4. The van der Waals surface area contributed by atoms with Gasteiger partial charge in [-0.05, 0) is 24.3 Å². The zero-order valence-electron chi connectivity index (χ0n) is 16.5. The normalized spacial score (nSPS) is 15.8. The number of benzene rings is 2. The Balaban J connectivity index is 2.15. The number of hydrogen-bond acceptors (Lipinski definition) is 5. The standard InChI is InChI=1S/C20H20ClF2N3O4/c1-24-16(27)10-26-14-7-5-4-6-12(14)19(28)25(2)18(26)11-8-13(21)17(30-20(22)23)15(9-11)29-3/h4-9,18,20H,10H2,1-3H3,(H,24,27). The van der Waals surface area contributed by atoms with Gasteiger partial charge in [-0.15, -0.1) is 0 Å². The van der Waals surface area contributed by atoms with Crippen LogP contribution in [0, 0.1) is 0 Å². The molecule has 0 aromatic heterocycles. The van der Waals surface area contributed by atoms with Crippen LogP contribution in [0.4, 0.5) is 14.5 Å².